The van der Waals surface area contributed by atoms with Gasteiger partial charge in [-0.05, 0) is 23.8 Å². The highest BCUT2D eigenvalue weighted by Gasteiger charge is 2.42. The van der Waals surface area contributed by atoms with E-state index in [1.54, 1.807) is 42.5 Å². The molecule has 0 fully saturated rings. The van der Waals surface area contributed by atoms with Crippen LogP contribution in [0.1, 0.15) is 36.2 Å². The predicted octanol–water partition coefficient (Wildman–Crippen LogP) is 3.67. The van der Waals surface area contributed by atoms with Crippen LogP contribution < -0.4 is 0 Å². The Morgan fingerprint density at radius 2 is 1.58 bits per heavy atom. The summed E-state index contributed by atoms with van der Waals surface area (Å²) >= 11 is 0. The molecule has 0 bridgehead atoms. The summed E-state index contributed by atoms with van der Waals surface area (Å²) < 4.78 is 21.8. The van der Waals surface area contributed by atoms with Gasteiger partial charge < -0.3 is 18.9 Å². The van der Waals surface area contributed by atoms with E-state index in [2.05, 4.69) is 0 Å². The number of carbonyl (C=O) groups excluding carboxylic acids is 4. The zero-order chi connectivity index (χ0) is 25.9. The Morgan fingerprint density at radius 1 is 0.917 bits per heavy atom. The summed E-state index contributed by atoms with van der Waals surface area (Å²) in [6.45, 7) is 2.62. The number of amides is 1. The molecule has 36 heavy (non-hydrogen) atoms. The van der Waals surface area contributed by atoms with Crippen LogP contribution >= 0.6 is 0 Å². The lowest BCUT2D eigenvalue weighted by atomic mass is 9.96. The van der Waals surface area contributed by atoms with Crippen molar-refractivity contribution in [2.45, 2.75) is 45.1 Å². The standard InChI is InChI=1S/C27H29NO8/c1-19(29)33-17-15-24(35-20(2)30)25-23(36-26(31)22-12-7-4-8-13-22)14-9-16-28(25)27(32)34-18-21-10-5-3-6-11-21/h3-14,23-25H,15-18H2,1-2H3/t23-,24-,25-/m0/s1. The summed E-state index contributed by atoms with van der Waals surface area (Å²) in [6.07, 6.45) is 0.856. The maximum Gasteiger partial charge on any atom is 0.410 e. The van der Waals surface area contributed by atoms with E-state index < -0.39 is 42.3 Å². The number of nitrogens with zero attached hydrogens (tertiary/aromatic N) is 1. The minimum absolute atomic E-state index is 0.0345. The van der Waals surface area contributed by atoms with Gasteiger partial charge >= 0.3 is 24.0 Å². The molecule has 0 aromatic heterocycles. The third-order valence-electron chi connectivity index (χ3n) is 5.42. The summed E-state index contributed by atoms with van der Waals surface area (Å²) in [5, 5.41) is 0. The summed E-state index contributed by atoms with van der Waals surface area (Å²) in [5.41, 5.74) is 1.13. The van der Waals surface area contributed by atoms with Crippen LogP contribution in [-0.4, -0.2) is 60.3 Å². The third kappa shape index (κ3) is 7.69. The molecular weight excluding hydrogens is 466 g/mol. The third-order valence-corrected chi connectivity index (χ3v) is 5.42. The summed E-state index contributed by atoms with van der Waals surface area (Å²) in [6, 6.07) is 16.7. The first kappa shape index (κ1) is 26.5. The Bertz CT molecular complexity index is 1070. The molecule has 2 aromatic rings. The highest BCUT2D eigenvalue weighted by molar-refractivity contribution is 5.89. The van der Waals surface area contributed by atoms with Gasteiger partial charge in [0.25, 0.3) is 0 Å². The quantitative estimate of drug-likeness (QED) is 0.295. The van der Waals surface area contributed by atoms with Crippen molar-refractivity contribution in [3.63, 3.8) is 0 Å². The molecule has 9 heteroatoms. The molecule has 0 unspecified atom stereocenters. The molecule has 1 heterocycles. The summed E-state index contributed by atoms with van der Waals surface area (Å²) in [7, 11) is 0. The zero-order valence-corrected chi connectivity index (χ0v) is 20.2. The second-order valence-corrected chi connectivity index (χ2v) is 8.12. The fourth-order valence-corrected chi connectivity index (χ4v) is 3.84. The van der Waals surface area contributed by atoms with Crippen LogP contribution in [0.2, 0.25) is 0 Å². The molecule has 0 N–H and O–H groups in total. The van der Waals surface area contributed by atoms with Crippen LogP contribution in [-0.2, 0) is 35.1 Å². The van der Waals surface area contributed by atoms with Crippen LogP contribution in [0.15, 0.2) is 72.8 Å². The van der Waals surface area contributed by atoms with E-state index in [-0.39, 0.29) is 26.2 Å². The number of benzene rings is 2. The molecule has 1 amide bonds. The molecule has 1 aliphatic heterocycles. The average Bonchev–Trinajstić information content (AvgIpc) is 2.87. The molecule has 3 rings (SSSR count). The molecule has 1 aliphatic rings. The average molecular weight is 496 g/mol. The van der Waals surface area contributed by atoms with Crippen molar-refractivity contribution in [3.8, 4) is 0 Å². The van der Waals surface area contributed by atoms with Crippen molar-refractivity contribution in [2.75, 3.05) is 13.2 Å². The van der Waals surface area contributed by atoms with Crippen LogP contribution in [0.25, 0.3) is 0 Å². The van der Waals surface area contributed by atoms with Crippen molar-refractivity contribution in [1.82, 2.24) is 4.90 Å². The molecule has 0 saturated carbocycles. The smallest absolute Gasteiger partial charge is 0.410 e. The Hall–Kier alpha value is -4.14. The van der Waals surface area contributed by atoms with Gasteiger partial charge in [0, 0.05) is 26.8 Å². The van der Waals surface area contributed by atoms with Gasteiger partial charge in [-0.25, -0.2) is 9.59 Å². The van der Waals surface area contributed by atoms with Crippen molar-refractivity contribution < 1.29 is 38.1 Å². The minimum atomic E-state index is -0.947. The Morgan fingerprint density at radius 3 is 2.22 bits per heavy atom. The Kier molecular flexibility index (Phi) is 9.62. The molecular formula is C27H29NO8. The van der Waals surface area contributed by atoms with Gasteiger partial charge in [-0.2, -0.15) is 0 Å². The second kappa shape index (κ2) is 13.1. The Balaban J connectivity index is 1.85. The number of hydrogen-bond acceptors (Lipinski definition) is 8. The van der Waals surface area contributed by atoms with Crippen LogP contribution in [0.4, 0.5) is 4.79 Å². The first-order chi connectivity index (χ1) is 17.3. The number of esters is 3. The number of rotatable bonds is 9. The molecule has 2 aromatic carbocycles. The van der Waals surface area contributed by atoms with E-state index in [1.807, 2.05) is 30.3 Å². The van der Waals surface area contributed by atoms with Crippen molar-refractivity contribution in [1.29, 1.82) is 0 Å². The normalized spacial score (nSPS) is 17.6. The van der Waals surface area contributed by atoms with Gasteiger partial charge in [-0.3, -0.25) is 14.5 Å². The molecule has 3 atom stereocenters. The van der Waals surface area contributed by atoms with E-state index in [9.17, 15) is 19.2 Å². The molecule has 0 saturated heterocycles. The van der Waals surface area contributed by atoms with Crippen LogP contribution in [0.5, 0.6) is 0 Å². The van der Waals surface area contributed by atoms with Gasteiger partial charge in [0.05, 0.1) is 12.2 Å². The number of hydrogen-bond donors (Lipinski definition) is 0. The monoisotopic (exact) mass is 495 g/mol. The SMILES string of the molecule is CC(=O)OCC[C@H](OC(C)=O)[C@@H]1[C@@H](OC(=O)c2ccccc2)C=CCN1C(=O)OCc1ccccc1. The van der Waals surface area contributed by atoms with Gasteiger partial charge in [-0.1, -0.05) is 54.6 Å². The zero-order valence-electron chi connectivity index (χ0n) is 20.2. The van der Waals surface area contributed by atoms with E-state index >= 15 is 0 Å². The van der Waals surface area contributed by atoms with E-state index in [0.717, 1.165) is 5.56 Å². The lowest BCUT2D eigenvalue weighted by molar-refractivity contribution is -0.154. The first-order valence-electron chi connectivity index (χ1n) is 11.6. The summed E-state index contributed by atoms with van der Waals surface area (Å²) in [4.78, 5) is 50.6. The van der Waals surface area contributed by atoms with Gasteiger partial charge in [0.2, 0.25) is 0 Å². The predicted molar refractivity (Wildman–Crippen MR) is 129 cm³/mol. The lowest BCUT2D eigenvalue weighted by Crippen LogP contribution is -2.57. The molecule has 0 radical (unpaired) electrons. The van der Waals surface area contributed by atoms with Crippen molar-refractivity contribution >= 4 is 24.0 Å². The van der Waals surface area contributed by atoms with Crippen molar-refractivity contribution in [3.05, 3.63) is 83.9 Å². The van der Waals surface area contributed by atoms with E-state index in [4.69, 9.17) is 18.9 Å². The second-order valence-electron chi connectivity index (χ2n) is 8.12. The van der Waals surface area contributed by atoms with Crippen LogP contribution in [0, 0.1) is 0 Å². The first-order valence-corrected chi connectivity index (χ1v) is 11.6. The van der Waals surface area contributed by atoms with Gasteiger partial charge in [0.1, 0.15) is 24.9 Å². The largest absolute Gasteiger partial charge is 0.466 e. The summed E-state index contributed by atoms with van der Waals surface area (Å²) in [5.74, 6) is -1.69. The fraction of sp³-hybridized carbons (Fsp3) is 0.333. The highest BCUT2D eigenvalue weighted by Crippen LogP contribution is 2.25. The Labute approximate surface area is 209 Å². The lowest BCUT2D eigenvalue weighted by Gasteiger charge is -2.40. The van der Waals surface area contributed by atoms with Crippen molar-refractivity contribution in [2.24, 2.45) is 0 Å². The van der Waals surface area contributed by atoms with Crippen LogP contribution in [0.3, 0.4) is 0 Å². The van der Waals surface area contributed by atoms with E-state index in [1.165, 1.54) is 18.7 Å². The molecule has 0 spiro atoms. The van der Waals surface area contributed by atoms with E-state index in [0.29, 0.717) is 5.56 Å². The van der Waals surface area contributed by atoms with Gasteiger partial charge in [-0.15, -0.1) is 0 Å². The topological polar surface area (TPSA) is 108 Å². The number of carbonyl (C=O) groups is 4. The highest BCUT2D eigenvalue weighted by atomic mass is 16.6. The van der Waals surface area contributed by atoms with Gasteiger partial charge in [0.15, 0.2) is 0 Å². The maximum atomic E-state index is 13.2. The molecule has 190 valence electrons. The number of ether oxygens (including phenoxy) is 4. The molecule has 0 aliphatic carbocycles. The fourth-order valence-electron chi connectivity index (χ4n) is 3.84. The maximum absolute atomic E-state index is 13.2. The minimum Gasteiger partial charge on any atom is -0.466 e. The molecule has 9 nitrogen and oxygen atoms in total.